The van der Waals surface area contributed by atoms with E-state index in [9.17, 15) is 0 Å². The maximum absolute atomic E-state index is 4.19. The van der Waals surface area contributed by atoms with Crippen LogP contribution in [0.5, 0.6) is 0 Å². The van der Waals surface area contributed by atoms with E-state index < -0.39 is 0 Å². The van der Waals surface area contributed by atoms with Gasteiger partial charge in [-0.15, -0.1) is 4.43 Å². The molecule has 2 aromatic rings. The van der Waals surface area contributed by atoms with Crippen LogP contribution >= 0.6 is 0 Å². The molecule has 52 valence electrons. The van der Waals surface area contributed by atoms with Crippen molar-refractivity contribution in [1.82, 2.24) is 9.97 Å². The van der Waals surface area contributed by atoms with Gasteiger partial charge in [-0.05, 0) is 13.0 Å². The molecule has 0 aromatic carbocycles. The van der Waals surface area contributed by atoms with Crippen molar-refractivity contribution in [3.63, 3.8) is 0 Å². The van der Waals surface area contributed by atoms with Gasteiger partial charge in [0, 0.05) is 17.3 Å². The van der Waals surface area contributed by atoms with Crippen molar-refractivity contribution < 1.29 is 0 Å². The van der Waals surface area contributed by atoms with Crippen LogP contribution < -0.4 is 4.43 Å². The summed E-state index contributed by atoms with van der Waals surface area (Å²) in [5.41, 5.74) is 2.12. The number of nitrogens with one attached hydrogen (secondary N) is 1. The monoisotopic (exact) mass is 158 g/mol. The van der Waals surface area contributed by atoms with Crippen LogP contribution in [0.1, 0.15) is 5.69 Å². The van der Waals surface area contributed by atoms with E-state index in [1.54, 1.807) is 6.20 Å². The number of aryl methyl sites for hydroxylation is 1. The Morgan fingerprint density at radius 2 is 2.36 bits per heavy atom. The van der Waals surface area contributed by atoms with E-state index in [2.05, 4.69) is 32.3 Å². The maximum Gasteiger partial charge on any atom is 0.176 e. The van der Waals surface area contributed by atoms with Crippen molar-refractivity contribution in [2.24, 2.45) is 0 Å². The summed E-state index contributed by atoms with van der Waals surface area (Å²) >= 11 is 2.70. The van der Waals surface area contributed by atoms with Crippen LogP contribution in [-0.2, 0) is 0 Å². The highest BCUT2D eigenvalue weighted by Crippen LogP contribution is 2.08. The Labute approximate surface area is 73.1 Å². The van der Waals surface area contributed by atoms with Gasteiger partial charge in [-0.25, -0.2) is 4.98 Å². The molecule has 2 nitrogen and oxygen atoms in total. The summed E-state index contributed by atoms with van der Waals surface area (Å²) in [5, 5.41) is 1.19. The average Bonchev–Trinajstić information content (AvgIpc) is 2.31. The molecule has 0 aliphatic heterocycles. The number of fused-ring (bicyclic) bond motifs is 1. The Morgan fingerprint density at radius 1 is 1.55 bits per heavy atom. The summed E-state index contributed by atoms with van der Waals surface area (Å²) in [6, 6.07) is 4.09. The highest BCUT2D eigenvalue weighted by Gasteiger charge is 1.98. The largest absolute Gasteiger partial charge is 0.344 e. The number of rotatable bonds is 0. The topological polar surface area (TPSA) is 28.7 Å². The van der Waals surface area contributed by atoms with E-state index in [0.717, 1.165) is 11.3 Å². The molecule has 2 heterocycles. The lowest BCUT2D eigenvalue weighted by Gasteiger charge is -1.92. The van der Waals surface area contributed by atoms with E-state index in [0.29, 0.717) is 0 Å². The van der Waals surface area contributed by atoms with Gasteiger partial charge in [0.15, 0.2) is 16.3 Å². The van der Waals surface area contributed by atoms with Crippen LogP contribution in [0.2, 0.25) is 0 Å². The zero-order valence-electron chi connectivity index (χ0n) is 6.26. The Hall–Kier alpha value is -0.778. The molecule has 0 saturated heterocycles. The van der Waals surface area contributed by atoms with Gasteiger partial charge in [-0.1, -0.05) is 6.07 Å². The number of aromatic amines is 1. The molecule has 2 rings (SSSR count). The standard InChI is InChI=1S/C8H7N2.Al/c1-6-5-7-3-2-4-9-8(7)10-6;/h2,4-5H,1H3,(H,9,10);. The molecule has 1 N–H and O–H groups in total. The first-order valence-electron chi connectivity index (χ1n) is 3.47. The van der Waals surface area contributed by atoms with Crippen molar-refractivity contribution >= 4 is 31.7 Å². The van der Waals surface area contributed by atoms with E-state index in [1.165, 1.54) is 9.81 Å². The summed E-state index contributed by atoms with van der Waals surface area (Å²) in [6.45, 7) is 2.03. The van der Waals surface area contributed by atoms with Crippen molar-refractivity contribution in [2.75, 3.05) is 0 Å². The van der Waals surface area contributed by atoms with Crippen molar-refractivity contribution in [3.8, 4) is 0 Å². The third-order valence-electron chi connectivity index (χ3n) is 1.70. The second kappa shape index (κ2) is 2.37. The first-order chi connectivity index (χ1) is 5.27. The molecule has 2 radical (unpaired) electrons. The summed E-state index contributed by atoms with van der Waals surface area (Å²) in [4.78, 5) is 7.37. The van der Waals surface area contributed by atoms with E-state index >= 15 is 0 Å². The van der Waals surface area contributed by atoms with E-state index in [4.69, 9.17) is 0 Å². The van der Waals surface area contributed by atoms with Crippen LogP contribution in [0.3, 0.4) is 0 Å². The fourth-order valence-corrected chi connectivity index (χ4v) is 1.48. The molecule has 0 saturated carbocycles. The van der Waals surface area contributed by atoms with Gasteiger partial charge >= 0.3 is 0 Å². The van der Waals surface area contributed by atoms with Gasteiger partial charge in [0.05, 0.1) is 0 Å². The number of aromatic nitrogens is 2. The molecule has 0 atom stereocenters. The number of H-pyrrole nitrogens is 1. The molecular formula is C8H7AlN2. The average molecular weight is 158 g/mol. The lowest BCUT2D eigenvalue weighted by molar-refractivity contribution is 1.25. The zero-order valence-corrected chi connectivity index (χ0v) is 7.41. The lowest BCUT2D eigenvalue weighted by Crippen LogP contribution is -2.02. The molecule has 11 heavy (non-hydrogen) atoms. The lowest BCUT2D eigenvalue weighted by atomic mass is 10.3. The molecule has 0 unspecified atom stereocenters. The van der Waals surface area contributed by atoms with Crippen LogP contribution in [0.25, 0.3) is 11.0 Å². The maximum atomic E-state index is 4.19. The molecule has 0 bridgehead atoms. The molecular weight excluding hydrogens is 151 g/mol. The Kier molecular flexibility index (Phi) is 1.49. The van der Waals surface area contributed by atoms with Crippen LogP contribution in [0.4, 0.5) is 0 Å². The molecule has 0 aliphatic rings. The number of hydrogen-bond donors (Lipinski definition) is 1. The fourth-order valence-electron chi connectivity index (χ4n) is 1.18. The number of pyridine rings is 1. The first kappa shape index (κ1) is 6.90. The Morgan fingerprint density at radius 3 is 3.09 bits per heavy atom. The normalized spacial score (nSPS) is 10.6. The van der Waals surface area contributed by atoms with Crippen LogP contribution in [-0.4, -0.2) is 26.3 Å². The number of nitrogens with zero attached hydrogens (tertiary/aromatic N) is 1. The Balaban J connectivity index is 2.90. The minimum absolute atomic E-state index is 0.968. The van der Waals surface area contributed by atoms with Crippen LogP contribution in [0, 0.1) is 6.92 Å². The predicted octanol–water partition coefficient (Wildman–Crippen LogP) is 0.665. The van der Waals surface area contributed by atoms with E-state index in [-0.39, 0.29) is 0 Å². The smallest absolute Gasteiger partial charge is 0.176 e. The highest BCUT2D eigenvalue weighted by molar-refractivity contribution is 6.38. The second-order valence-electron chi connectivity index (χ2n) is 2.61. The van der Waals surface area contributed by atoms with Gasteiger partial charge in [-0.2, -0.15) is 0 Å². The molecule has 0 amide bonds. The molecule has 2 aromatic heterocycles. The SMILES string of the molecule is Cc1cc2[c]([Al])ccnc2[nH]1. The predicted molar refractivity (Wildman–Crippen MR) is 46.2 cm³/mol. The van der Waals surface area contributed by atoms with Gasteiger partial charge in [0.1, 0.15) is 5.65 Å². The molecule has 0 spiro atoms. The third-order valence-corrected chi connectivity index (χ3v) is 2.20. The molecule has 0 fully saturated rings. The number of hydrogen-bond acceptors (Lipinski definition) is 1. The van der Waals surface area contributed by atoms with Crippen molar-refractivity contribution in [1.29, 1.82) is 0 Å². The molecule has 0 aliphatic carbocycles. The zero-order chi connectivity index (χ0) is 7.84. The quantitative estimate of drug-likeness (QED) is 0.561. The van der Waals surface area contributed by atoms with Gasteiger partial charge in [0.2, 0.25) is 0 Å². The Bertz CT molecular complexity index is 392. The highest BCUT2D eigenvalue weighted by atomic mass is 27.0. The fraction of sp³-hybridized carbons (Fsp3) is 0.125. The summed E-state index contributed by atoms with van der Waals surface area (Å²) in [7, 11) is 0. The van der Waals surface area contributed by atoms with E-state index in [1.807, 2.05) is 13.0 Å². The van der Waals surface area contributed by atoms with Gasteiger partial charge in [-0.3, -0.25) is 0 Å². The van der Waals surface area contributed by atoms with Gasteiger partial charge < -0.3 is 4.98 Å². The second-order valence-corrected chi connectivity index (χ2v) is 3.24. The van der Waals surface area contributed by atoms with Crippen molar-refractivity contribution in [2.45, 2.75) is 6.92 Å². The molecule has 3 heteroatoms. The summed E-state index contributed by atoms with van der Waals surface area (Å²) in [5.74, 6) is 0. The summed E-state index contributed by atoms with van der Waals surface area (Å²) in [6.07, 6.45) is 1.81. The third kappa shape index (κ3) is 1.07. The minimum atomic E-state index is 0.968. The summed E-state index contributed by atoms with van der Waals surface area (Å²) < 4.78 is 1.19. The first-order valence-corrected chi connectivity index (χ1v) is 4.05. The van der Waals surface area contributed by atoms with Crippen LogP contribution in [0.15, 0.2) is 18.3 Å². The van der Waals surface area contributed by atoms with Crippen molar-refractivity contribution in [3.05, 3.63) is 24.0 Å². The van der Waals surface area contributed by atoms with Gasteiger partial charge in [0.25, 0.3) is 0 Å². The minimum Gasteiger partial charge on any atom is -0.344 e.